The number of hydrogen-bond donors (Lipinski definition) is 3. The van der Waals surface area contributed by atoms with Crippen molar-refractivity contribution in [1.82, 2.24) is 15.4 Å². The smallest absolute Gasteiger partial charge is 0.273 e. The molecule has 1 aromatic rings. The van der Waals surface area contributed by atoms with Crippen molar-refractivity contribution in [3.63, 3.8) is 0 Å². The van der Waals surface area contributed by atoms with E-state index in [1.807, 2.05) is 0 Å². The van der Waals surface area contributed by atoms with Crippen LogP contribution in [-0.4, -0.2) is 82.9 Å². The van der Waals surface area contributed by atoms with Gasteiger partial charge < -0.3 is 34.4 Å². The van der Waals surface area contributed by atoms with E-state index in [0.717, 1.165) is 19.3 Å². The van der Waals surface area contributed by atoms with Crippen molar-refractivity contribution < 1.29 is 33.8 Å². The molecule has 10 nitrogen and oxygen atoms in total. The number of aliphatic hydroxyl groups is 2. The fraction of sp³-hybridized carbons (Fsp3) is 0.808. The third-order valence-corrected chi connectivity index (χ3v) is 9.43. The van der Waals surface area contributed by atoms with Gasteiger partial charge in [-0.1, -0.05) is 19.0 Å². The number of rotatable bonds is 5. The number of likely N-dealkylation sites (tertiary alicyclic amines) is 1. The summed E-state index contributed by atoms with van der Waals surface area (Å²) in [5.41, 5.74) is -0.233. The van der Waals surface area contributed by atoms with Crippen molar-refractivity contribution in [3.8, 4) is 0 Å². The lowest BCUT2D eigenvalue weighted by Gasteiger charge is -2.63. The second-order valence-corrected chi connectivity index (χ2v) is 11.7. The monoisotopic (exact) mass is 505 g/mol. The summed E-state index contributed by atoms with van der Waals surface area (Å²) in [5.74, 6) is 0.369. The zero-order chi connectivity index (χ0) is 25.7. The second kappa shape index (κ2) is 9.70. The molecule has 0 radical (unpaired) electrons. The highest BCUT2D eigenvalue weighted by atomic mass is 16.7. The number of fused-ring (bicyclic) bond motifs is 3. The summed E-state index contributed by atoms with van der Waals surface area (Å²) >= 11 is 0. The molecule has 0 spiro atoms. The predicted molar refractivity (Wildman–Crippen MR) is 128 cm³/mol. The number of nitrogens with one attached hydrogen (secondary N) is 1. The number of ether oxygens (including phenoxy) is 2. The summed E-state index contributed by atoms with van der Waals surface area (Å²) in [5, 5.41) is 27.4. The standard InChI is InChI=1S/C26H39N3O7/c1-15-10-18(28-36-15)24(33)27-12-23-34-14-26(3)20-5-4-19(31)17(25(20,2)8-6-21(26)35-23)11-22(32)29-9-7-16(30)13-29/h10,16-17,19-21,23,30-31H,4-9,11-14H2,1-3H3,(H,27,33). The molecule has 1 aromatic heterocycles. The van der Waals surface area contributed by atoms with E-state index in [-0.39, 0.29) is 52.8 Å². The van der Waals surface area contributed by atoms with Crippen molar-refractivity contribution in [2.45, 2.75) is 83.9 Å². The Morgan fingerprint density at radius 3 is 2.69 bits per heavy atom. The Morgan fingerprint density at radius 2 is 2.00 bits per heavy atom. The molecule has 8 unspecified atom stereocenters. The third kappa shape index (κ3) is 4.57. The molecule has 2 saturated heterocycles. The van der Waals surface area contributed by atoms with E-state index < -0.39 is 18.5 Å². The van der Waals surface area contributed by atoms with Crippen LogP contribution in [0.2, 0.25) is 0 Å². The summed E-state index contributed by atoms with van der Waals surface area (Å²) in [6, 6.07) is 1.58. The Morgan fingerprint density at radius 1 is 1.19 bits per heavy atom. The largest absolute Gasteiger partial charge is 0.393 e. The van der Waals surface area contributed by atoms with Crippen molar-refractivity contribution in [1.29, 1.82) is 0 Å². The lowest BCUT2D eigenvalue weighted by molar-refractivity contribution is -0.306. The van der Waals surface area contributed by atoms with E-state index in [1.54, 1.807) is 17.9 Å². The van der Waals surface area contributed by atoms with Crippen LogP contribution in [0.3, 0.4) is 0 Å². The number of amides is 2. The minimum atomic E-state index is -0.544. The van der Waals surface area contributed by atoms with Crippen molar-refractivity contribution >= 4 is 11.8 Å². The Bertz CT molecular complexity index is 984. The first-order valence-electron chi connectivity index (χ1n) is 13.2. The first kappa shape index (κ1) is 25.6. The normalized spacial score (nSPS) is 40.4. The van der Waals surface area contributed by atoms with Crippen LogP contribution in [0.1, 0.15) is 68.6 Å². The summed E-state index contributed by atoms with van der Waals surface area (Å²) in [7, 11) is 0. The van der Waals surface area contributed by atoms with Gasteiger partial charge in [-0.2, -0.15) is 0 Å². The highest BCUT2D eigenvalue weighted by molar-refractivity contribution is 5.92. The van der Waals surface area contributed by atoms with E-state index in [4.69, 9.17) is 14.0 Å². The number of β-amino-alcohol motifs (C(OH)–C–C–N with tert-alkyl or cyclic N) is 1. The molecule has 2 aliphatic heterocycles. The van der Waals surface area contributed by atoms with Gasteiger partial charge in [0.25, 0.3) is 5.91 Å². The highest BCUT2D eigenvalue weighted by Gasteiger charge is 2.61. The molecular formula is C26H39N3O7. The van der Waals surface area contributed by atoms with Gasteiger partial charge in [0.05, 0.1) is 31.5 Å². The lowest BCUT2D eigenvalue weighted by atomic mass is 9.46. The van der Waals surface area contributed by atoms with Crippen LogP contribution in [0.4, 0.5) is 0 Å². The molecular weight excluding hydrogens is 466 g/mol. The number of nitrogens with zero attached hydrogens (tertiary/aromatic N) is 2. The topological polar surface area (TPSA) is 134 Å². The highest BCUT2D eigenvalue weighted by Crippen LogP contribution is 2.62. The molecule has 4 aliphatic rings. The van der Waals surface area contributed by atoms with Gasteiger partial charge in [0.15, 0.2) is 12.0 Å². The minimum Gasteiger partial charge on any atom is -0.393 e. The van der Waals surface area contributed by atoms with Gasteiger partial charge in [0.2, 0.25) is 5.91 Å². The number of aryl methyl sites for hydroxylation is 1. The molecule has 2 aliphatic carbocycles. The van der Waals surface area contributed by atoms with Gasteiger partial charge in [-0.25, -0.2) is 0 Å². The van der Waals surface area contributed by atoms with Crippen LogP contribution < -0.4 is 5.32 Å². The van der Waals surface area contributed by atoms with Crippen molar-refractivity contribution in [2.24, 2.45) is 22.7 Å². The molecule has 0 bridgehead atoms. The molecule has 10 heteroatoms. The summed E-state index contributed by atoms with van der Waals surface area (Å²) < 4.78 is 17.5. The fourth-order valence-corrected chi connectivity index (χ4v) is 7.42. The number of carbonyl (C=O) groups excluding carboxylic acids is 2. The van der Waals surface area contributed by atoms with E-state index in [1.165, 1.54) is 0 Å². The molecule has 0 aromatic carbocycles. The Kier molecular flexibility index (Phi) is 6.91. The molecule has 8 atom stereocenters. The number of carbonyl (C=O) groups is 2. The van der Waals surface area contributed by atoms with Crippen molar-refractivity contribution in [3.05, 3.63) is 17.5 Å². The molecule has 5 rings (SSSR count). The number of aliphatic hydroxyl groups excluding tert-OH is 2. The van der Waals surface area contributed by atoms with E-state index in [9.17, 15) is 19.8 Å². The fourth-order valence-electron chi connectivity index (χ4n) is 7.42. The lowest BCUT2D eigenvalue weighted by Crippen LogP contribution is -2.63. The van der Waals surface area contributed by atoms with Gasteiger partial charge in [-0.15, -0.1) is 0 Å². The molecule has 3 N–H and O–H groups in total. The Balaban J connectivity index is 1.23. The molecule has 2 amide bonds. The second-order valence-electron chi connectivity index (χ2n) is 11.7. The number of aromatic nitrogens is 1. The summed E-state index contributed by atoms with van der Waals surface area (Å²) in [6.45, 7) is 7.85. The van der Waals surface area contributed by atoms with Crippen molar-refractivity contribution in [2.75, 3.05) is 26.2 Å². The zero-order valence-corrected chi connectivity index (χ0v) is 21.4. The Hall–Kier alpha value is -2.01. The van der Waals surface area contributed by atoms with Crippen LogP contribution in [0.5, 0.6) is 0 Å². The SMILES string of the molecule is Cc1cc(C(=O)NCC2OCC3(C)C(CCC4(C)C(CC(=O)N5CCC(O)C5)C(O)CCC34)O2)no1. The minimum absolute atomic E-state index is 0.0269. The van der Waals surface area contributed by atoms with Crippen LogP contribution in [0, 0.1) is 29.6 Å². The van der Waals surface area contributed by atoms with Gasteiger partial charge in [-0.05, 0) is 56.3 Å². The first-order valence-corrected chi connectivity index (χ1v) is 13.2. The van der Waals surface area contributed by atoms with Crippen LogP contribution in [0.15, 0.2) is 10.6 Å². The third-order valence-electron chi connectivity index (χ3n) is 9.43. The van der Waals surface area contributed by atoms with Crippen LogP contribution >= 0.6 is 0 Å². The quantitative estimate of drug-likeness (QED) is 0.550. The van der Waals surface area contributed by atoms with Crippen LogP contribution in [-0.2, 0) is 14.3 Å². The molecule has 36 heavy (non-hydrogen) atoms. The maximum atomic E-state index is 13.1. The van der Waals surface area contributed by atoms with Gasteiger partial charge in [-0.3, -0.25) is 9.59 Å². The molecule has 2 saturated carbocycles. The van der Waals surface area contributed by atoms with E-state index in [2.05, 4.69) is 24.3 Å². The molecule has 3 heterocycles. The predicted octanol–water partition coefficient (Wildman–Crippen LogP) is 1.63. The van der Waals surface area contributed by atoms with Crippen LogP contribution in [0.25, 0.3) is 0 Å². The van der Waals surface area contributed by atoms with E-state index in [0.29, 0.717) is 44.7 Å². The number of hydrogen-bond acceptors (Lipinski definition) is 8. The van der Waals surface area contributed by atoms with Gasteiger partial charge in [0, 0.05) is 31.0 Å². The van der Waals surface area contributed by atoms with E-state index >= 15 is 0 Å². The average Bonchev–Trinajstić information content (AvgIpc) is 3.48. The maximum Gasteiger partial charge on any atom is 0.273 e. The summed E-state index contributed by atoms with van der Waals surface area (Å²) in [6.07, 6.45) is 2.56. The van der Waals surface area contributed by atoms with Gasteiger partial charge >= 0.3 is 0 Å². The molecule has 200 valence electrons. The zero-order valence-electron chi connectivity index (χ0n) is 21.4. The Labute approximate surface area is 211 Å². The maximum absolute atomic E-state index is 13.1. The summed E-state index contributed by atoms with van der Waals surface area (Å²) in [4.78, 5) is 27.1. The first-order chi connectivity index (χ1) is 17.1. The van der Waals surface area contributed by atoms with Gasteiger partial charge in [0.1, 0.15) is 5.76 Å². The molecule has 4 fully saturated rings. The average molecular weight is 506 g/mol.